The fraction of sp³-hybridized carbons (Fsp3) is 0.360. The molecule has 1 aliphatic heterocycles. The molecule has 0 N–H and O–H groups in total. The molecule has 0 bridgehead atoms. The molecule has 3 aromatic rings. The fourth-order valence-electron chi connectivity index (χ4n) is 4.29. The molecule has 4 rings (SSSR count). The van der Waals surface area contributed by atoms with Crippen LogP contribution in [0.3, 0.4) is 0 Å². The lowest BCUT2D eigenvalue weighted by Crippen LogP contribution is -2.37. The van der Waals surface area contributed by atoms with Crippen molar-refractivity contribution in [3.8, 4) is 0 Å². The number of nitrogens with zero attached hydrogens (tertiary/aromatic N) is 2. The van der Waals surface area contributed by atoms with Gasteiger partial charge in [0.25, 0.3) is 5.91 Å². The Hall–Kier alpha value is -2.92. The van der Waals surface area contributed by atoms with E-state index < -0.39 is 6.04 Å². The Kier molecular flexibility index (Phi) is 5.73. The number of amides is 1. The minimum atomic E-state index is -0.421. The van der Waals surface area contributed by atoms with E-state index in [1.54, 1.807) is 11.0 Å². The molecule has 5 nitrogen and oxygen atoms in total. The molecule has 0 fully saturated rings. The molecule has 30 heavy (non-hydrogen) atoms. The Morgan fingerprint density at radius 1 is 1.00 bits per heavy atom. The third-order valence-corrected chi connectivity index (χ3v) is 6.11. The second-order valence-corrected chi connectivity index (χ2v) is 7.70. The molecule has 5 heteroatoms. The van der Waals surface area contributed by atoms with Gasteiger partial charge in [0, 0.05) is 13.1 Å². The van der Waals surface area contributed by atoms with E-state index in [4.69, 9.17) is 4.42 Å². The van der Waals surface area contributed by atoms with Gasteiger partial charge in [0.2, 0.25) is 5.76 Å². The molecule has 1 unspecified atom stereocenters. The lowest BCUT2D eigenvalue weighted by atomic mass is 9.98. The predicted octanol–water partition coefficient (Wildman–Crippen LogP) is 4.24. The highest BCUT2D eigenvalue weighted by molar-refractivity contribution is 5.99. The normalized spacial score (nSPS) is 15.9. The molecule has 0 radical (unpaired) electrons. The number of aryl methyl sites for hydroxylation is 1. The van der Waals surface area contributed by atoms with Crippen LogP contribution in [0.15, 0.2) is 57.7 Å². The number of carbonyl (C=O) groups excluding carboxylic acids is 1. The van der Waals surface area contributed by atoms with Crippen molar-refractivity contribution < 1.29 is 9.21 Å². The molecular weight excluding hydrogens is 376 g/mol. The van der Waals surface area contributed by atoms with Gasteiger partial charge < -0.3 is 14.2 Å². The van der Waals surface area contributed by atoms with E-state index in [2.05, 4.69) is 25.7 Å². The van der Waals surface area contributed by atoms with Gasteiger partial charge in [-0.3, -0.25) is 9.59 Å². The number of carbonyl (C=O) groups is 1. The highest BCUT2D eigenvalue weighted by Crippen LogP contribution is 2.38. The molecule has 1 aromatic heterocycles. The Morgan fingerprint density at radius 2 is 1.73 bits per heavy atom. The Balaban J connectivity index is 1.87. The Bertz CT molecular complexity index is 1120. The summed E-state index contributed by atoms with van der Waals surface area (Å²) in [4.78, 5) is 31.0. The highest BCUT2D eigenvalue weighted by Gasteiger charge is 2.42. The van der Waals surface area contributed by atoms with Gasteiger partial charge in [-0.25, -0.2) is 0 Å². The molecule has 1 amide bonds. The number of rotatable bonds is 7. The van der Waals surface area contributed by atoms with Crippen LogP contribution in [0.2, 0.25) is 0 Å². The highest BCUT2D eigenvalue weighted by atomic mass is 16.3. The summed E-state index contributed by atoms with van der Waals surface area (Å²) in [5.41, 5.74) is 2.85. The summed E-state index contributed by atoms with van der Waals surface area (Å²) in [6.07, 6.45) is 0.837. The van der Waals surface area contributed by atoms with Crippen molar-refractivity contribution in [1.29, 1.82) is 0 Å². The Labute approximate surface area is 176 Å². The van der Waals surface area contributed by atoms with Crippen molar-refractivity contribution in [2.24, 2.45) is 0 Å². The van der Waals surface area contributed by atoms with Crippen LogP contribution in [-0.2, 0) is 6.42 Å². The third-order valence-electron chi connectivity index (χ3n) is 6.11. The third kappa shape index (κ3) is 3.43. The van der Waals surface area contributed by atoms with Crippen molar-refractivity contribution in [3.05, 3.63) is 81.2 Å². The van der Waals surface area contributed by atoms with Crippen molar-refractivity contribution in [2.45, 2.75) is 33.2 Å². The largest absolute Gasteiger partial charge is 0.450 e. The molecule has 1 atom stereocenters. The number of likely N-dealkylation sites (N-methyl/N-ethyl adjacent to an activating group) is 1. The van der Waals surface area contributed by atoms with Gasteiger partial charge in [-0.05, 0) is 42.8 Å². The topological polar surface area (TPSA) is 53.8 Å². The number of benzene rings is 2. The van der Waals surface area contributed by atoms with Gasteiger partial charge in [-0.1, -0.05) is 57.2 Å². The molecular formula is C25H28N2O3. The van der Waals surface area contributed by atoms with Crippen molar-refractivity contribution in [2.75, 3.05) is 26.2 Å². The minimum Gasteiger partial charge on any atom is -0.450 e. The van der Waals surface area contributed by atoms with Crippen molar-refractivity contribution in [3.63, 3.8) is 0 Å². The molecule has 2 aromatic carbocycles. The molecule has 2 heterocycles. The first-order chi connectivity index (χ1) is 14.6. The van der Waals surface area contributed by atoms with Gasteiger partial charge >= 0.3 is 0 Å². The van der Waals surface area contributed by atoms with Crippen molar-refractivity contribution >= 4 is 16.9 Å². The van der Waals surface area contributed by atoms with E-state index in [0.717, 1.165) is 37.2 Å². The van der Waals surface area contributed by atoms with Gasteiger partial charge in [0.1, 0.15) is 5.58 Å². The predicted molar refractivity (Wildman–Crippen MR) is 119 cm³/mol. The molecule has 1 aliphatic rings. The average molecular weight is 405 g/mol. The monoisotopic (exact) mass is 404 g/mol. The first-order valence-corrected chi connectivity index (χ1v) is 10.8. The van der Waals surface area contributed by atoms with Crippen LogP contribution in [0.4, 0.5) is 0 Å². The van der Waals surface area contributed by atoms with Gasteiger partial charge in [0.15, 0.2) is 5.43 Å². The quantitative estimate of drug-likeness (QED) is 0.591. The average Bonchev–Trinajstić information content (AvgIpc) is 3.07. The number of hydrogen-bond donors (Lipinski definition) is 0. The maximum Gasteiger partial charge on any atom is 0.290 e. The standard InChI is InChI=1S/C25H28N2O3/c1-4-17-12-13-20-19(16-17)23(28)21-22(18-10-8-7-9-11-18)27(25(29)24(21)30-20)15-14-26(5-2)6-3/h7-13,16,22H,4-6,14-15H2,1-3H3. The SMILES string of the molecule is CCc1ccc2oc3c(c(=O)c2c1)C(c1ccccc1)N(CCN(CC)CC)C3=O. The Morgan fingerprint density at radius 3 is 2.40 bits per heavy atom. The second kappa shape index (κ2) is 8.44. The summed E-state index contributed by atoms with van der Waals surface area (Å²) in [6, 6.07) is 15.0. The maximum atomic E-state index is 13.6. The lowest BCUT2D eigenvalue weighted by Gasteiger charge is -2.28. The van der Waals surface area contributed by atoms with Crippen LogP contribution < -0.4 is 5.43 Å². The number of hydrogen-bond acceptors (Lipinski definition) is 4. The van der Waals surface area contributed by atoms with E-state index in [0.29, 0.717) is 23.1 Å². The summed E-state index contributed by atoms with van der Waals surface area (Å²) in [6.45, 7) is 9.42. The summed E-state index contributed by atoms with van der Waals surface area (Å²) in [7, 11) is 0. The summed E-state index contributed by atoms with van der Waals surface area (Å²) >= 11 is 0. The van der Waals surface area contributed by atoms with E-state index in [-0.39, 0.29) is 17.1 Å². The van der Waals surface area contributed by atoms with Crippen LogP contribution in [0.25, 0.3) is 11.0 Å². The maximum absolute atomic E-state index is 13.6. The zero-order valence-electron chi connectivity index (χ0n) is 17.9. The summed E-state index contributed by atoms with van der Waals surface area (Å²) < 4.78 is 6.03. The number of fused-ring (bicyclic) bond motifs is 2. The first kappa shape index (κ1) is 20.4. The fourth-order valence-corrected chi connectivity index (χ4v) is 4.29. The summed E-state index contributed by atoms with van der Waals surface area (Å²) in [5.74, 6) is -0.0188. The van der Waals surface area contributed by atoms with Crippen LogP contribution in [0.5, 0.6) is 0 Å². The zero-order valence-corrected chi connectivity index (χ0v) is 17.9. The first-order valence-electron chi connectivity index (χ1n) is 10.8. The van der Waals surface area contributed by atoms with E-state index in [1.165, 1.54) is 0 Å². The summed E-state index contributed by atoms with van der Waals surface area (Å²) in [5, 5.41) is 0.549. The molecule has 0 saturated carbocycles. The van der Waals surface area contributed by atoms with Crippen LogP contribution in [0, 0.1) is 0 Å². The van der Waals surface area contributed by atoms with Gasteiger partial charge in [-0.2, -0.15) is 0 Å². The van der Waals surface area contributed by atoms with Crippen molar-refractivity contribution in [1.82, 2.24) is 9.80 Å². The smallest absolute Gasteiger partial charge is 0.290 e. The molecule has 0 saturated heterocycles. The molecule has 156 valence electrons. The second-order valence-electron chi connectivity index (χ2n) is 7.70. The van der Waals surface area contributed by atoms with E-state index in [1.807, 2.05) is 42.5 Å². The van der Waals surface area contributed by atoms with E-state index in [9.17, 15) is 9.59 Å². The molecule has 0 spiro atoms. The van der Waals surface area contributed by atoms with Crippen LogP contribution in [-0.4, -0.2) is 41.9 Å². The van der Waals surface area contributed by atoms with E-state index >= 15 is 0 Å². The molecule has 0 aliphatic carbocycles. The van der Waals surface area contributed by atoms with Gasteiger partial charge in [0.05, 0.1) is 17.0 Å². The zero-order chi connectivity index (χ0) is 21.3. The van der Waals surface area contributed by atoms with Crippen LogP contribution >= 0.6 is 0 Å². The lowest BCUT2D eigenvalue weighted by molar-refractivity contribution is 0.0708. The minimum absolute atomic E-state index is 0.103. The van der Waals surface area contributed by atoms with Gasteiger partial charge in [-0.15, -0.1) is 0 Å². The van der Waals surface area contributed by atoms with Crippen LogP contribution in [0.1, 0.15) is 54.1 Å².